The molecule has 1 aromatic carbocycles. The molecule has 1 fully saturated rings. The fourth-order valence-corrected chi connectivity index (χ4v) is 5.40. The minimum absolute atomic E-state index is 0.283. The van der Waals surface area contributed by atoms with Crippen LogP contribution in [0.4, 0.5) is 0 Å². The van der Waals surface area contributed by atoms with E-state index in [1.807, 2.05) is 23.6 Å². The van der Waals surface area contributed by atoms with Crippen molar-refractivity contribution >= 4 is 16.0 Å². The number of aryl methyl sites for hydroxylation is 1. The SMILES string of the molecule is CCNC(=NCc1ccccc1S(=O)(=O)N1CCCCC1)NCCn1cnnc1CC. The summed E-state index contributed by atoms with van der Waals surface area (Å²) in [4.78, 5) is 4.99. The third kappa shape index (κ3) is 6.04. The van der Waals surface area contributed by atoms with E-state index >= 15 is 0 Å². The van der Waals surface area contributed by atoms with E-state index in [0.29, 0.717) is 42.6 Å². The van der Waals surface area contributed by atoms with Crippen LogP contribution in [0.1, 0.15) is 44.5 Å². The van der Waals surface area contributed by atoms with Gasteiger partial charge in [0.05, 0.1) is 11.4 Å². The van der Waals surface area contributed by atoms with Crippen molar-refractivity contribution in [2.24, 2.45) is 4.99 Å². The first-order valence-electron chi connectivity index (χ1n) is 11.0. The first-order valence-corrected chi connectivity index (χ1v) is 12.5. The molecular formula is C21H33N7O2S. The van der Waals surface area contributed by atoms with Crippen molar-refractivity contribution in [3.63, 3.8) is 0 Å². The summed E-state index contributed by atoms with van der Waals surface area (Å²) in [5.74, 6) is 1.60. The van der Waals surface area contributed by atoms with E-state index in [9.17, 15) is 8.42 Å². The fraction of sp³-hybridized carbons (Fsp3) is 0.571. The van der Waals surface area contributed by atoms with Crippen molar-refractivity contribution < 1.29 is 8.42 Å². The summed E-state index contributed by atoms with van der Waals surface area (Å²) in [6.07, 6.45) is 5.48. The van der Waals surface area contributed by atoms with Gasteiger partial charge in [0.15, 0.2) is 5.96 Å². The van der Waals surface area contributed by atoms with Crippen LogP contribution in [0.25, 0.3) is 0 Å². The van der Waals surface area contributed by atoms with Crippen LogP contribution >= 0.6 is 0 Å². The maximum atomic E-state index is 13.2. The van der Waals surface area contributed by atoms with Crippen LogP contribution in [0, 0.1) is 0 Å². The molecule has 0 spiro atoms. The lowest BCUT2D eigenvalue weighted by atomic mass is 10.2. The summed E-state index contributed by atoms with van der Waals surface area (Å²) in [5, 5.41) is 14.6. The number of benzene rings is 1. The Morgan fingerprint density at radius 2 is 1.90 bits per heavy atom. The minimum atomic E-state index is -3.50. The predicted molar refractivity (Wildman–Crippen MR) is 121 cm³/mol. The highest BCUT2D eigenvalue weighted by molar-refractivity contribution is 7.89. The van der Waals surface area contributed by atoms with Gasteiger partial charge in [0.2, 0.25) is 10.0 Å². The van der Waals surface area contributed by atoms with Gasteiger partial charge in [0, 0.05) is 39.1 Å². The number of nitrogens with one attached hydrogen (secondary N) is 2. The maximum Gasteiger partial charge on any atom is 0.243 e. The molecule has 1 aliphatic rings. The van der Waals surface area contributed by atoms with Crippen LogP contribution in [0.5, 0.6) is 0 Å². The summed E-state index contributed by atoms with van der Waals surface area (Å²) in [5.41, 5.74) is 0.706. The Morgan fingerprint density at radius 3 is 2.65 bits per heavy atom. The van der Waals surface area contributed by atoms with E-state index in [4.69, 9.17) is 0 Å². The highest BCUT2D eigenvalue weighted by Gasteiger charge is 2.27. The summed E-state index contributed by atoms with van der Waals surface area (Å²) in [6, 6.07) is 7.17. The molecule has 2 aromatic rings. The summed E-state index contributed by atoms with van der Waals surface area (Å²) < 4.78 is 30.0. The van der Waals surface area contributed by atoms with E-state index in [1.54, 1.807) is 22.8 Å². The monoisotopic (exact) mass is 447 g/mol. The second-order valence-corrected chi connectivity index (χ2v) is 9.39. The molecule has 1 saturated heterocycles. The standard InChI is InChI=1S/C21H33N7O2S/c1-3-20-26-25-17-27(20)15-12-23-21(22-4-2)24-16-18-10-6-7-11-19(18)31(29,30)28-13-8-5-9-14-28/h6-7,10-11,17H,3-5,8-9,12-16H2,1-2H3,(H2,22,23,24). The van der Waals surface area contributed by atoms with Gasteiger partial charge >= 0.3 is 0 Å². The molecule has 0 aliphatic carbocycles. The van der Waals surface area contributed by atoms with Crippen molar-refractivity contribution in [3.8, 4) is 0 Å². The van der Waals surface area contributed by atoms with Gasteiger partial charge in [-0.05, 0) is 31.4 Å². The van der Waals surface area contributed by atoms with Crippen LogP contribution in [-0.4, -0.2) is 59.6 Å². The zero-order valence-electron chi connectivity index (χ0n) is 18.4. The largest absolute Gasteiger partial charge is 0.357 e. The van der Waals surface area contributed by atoms with Crippen LogP contribution < -0.4 is 10.6 Å². The maximum absolute atomic E-state index is 13.2. The molecule has 10 heteroatoms. The number of sulfonamides is 1. The van der Waals surface area contributed by atoms with Gasteiger partial charge in [0.1, 0.15) is 12.2 Å². The molecule has 1 aliphatic heterocycles. The lowest BCUT2D eigenvalue weighted by Crippen LogP contribution is -2.39. The zero-order valence-corrected chi connectivity index (χ0v) is 19.2. The highest BCUT2D eigenvalue weighted by atomic mass is 32.2. The molecule has 170 valence electrons. The van der Waals surface area contributed by atoms with Crippen LogP contribution in [0.15, 0.2) is 40.5 Å². The van der Waals surface area contributed by atoms with Gasteiger partial charge in [-0.2, -0.15) is 4.31 Å². The molecule has 3 rings (SSSR count). The van der Waals surface area contributed by atoms with Crippen LogP contribution in [0.2, 0.25) is 0 Å². The van der Waals surface area contributed by atoms with E-state index in [0.717, 1.165) is 38.1 Å². The van der Waals surface area contributed by atoms with Crippen molar-refractivity contribution in [1.82, 2.24) is 29.7 Å². The van der Waals surface area contributed by atoms with E-state index < -0.39 is 10.0 Å². The quantitative estimate of drug-likeness (QED) is 0.448. The van der Waals surface area contributed by atoms with Crippen LogP contribution in [0.3, 0.4) is 0 Å². The Balaban J connectivity index is 1.69. The molecule has 2 heterocycles. The predicted octanol–water partition coefficient (Wildman–Crippen LogP) is 1.77. The lowest BCUT2D eigenvalue weighted by molar-refractivity contribution is 0.346. The van der Waals surface area contributed by atoms with Gasteiger partial charge in [0.25, 0.3) is 0 Å². The van der Waals surface area contributed by atoms with Gasteiger partial charge in [-0.3, -0.25) is 0 Å². The third-order valence-corrected chi connectivity index (χ3v) is 7.31. The Morgan fingerprint density at radius 1 is 1.13 bits per heavy atom. The Labute approximate surface area is 185 Å². The Bertz CT molecular complexity index is 966. The number of aliphatic imine (C=N–C) groups is 1. The van der Waals surface area contributed by atoms with E-state index in [2.05, 4.69) is 32.7 Å². The molecule has 0 radical (unpaired) electrons. The third-order valence-electron chi connectivity index (χ3n) is 5.31. The van der Waals surface area contributed by atoms with Crippen molar-refractivity contribution in [2.45, 2.75) is 57.5 Å². The molecule has 31 heavy (non-hydrogen) atoms. The number of hydrogen-bond acceptors (Lipinski definition) is 5. The van der Waals surface area contributed by atoms with Gasteiger partial charge in [-0.1, -0.05) is 31.5 Å². The first-order chi connectivity index (χ1) is 15.1. The second-order valence-electron chi connectivity index (χ2n) is 7.49. The van der Waals surface area contributed by atoms with E-state index in [1.165, 1.54) is 0 Å². The van der Waals surface area contributed by atoms with Crippen LogP contribution in [-0.2, 0) is 29.5 Å². The number of piperidine rings is 1. The fourth-order valence-electron chi connectivity index (χ4n) is 3.67. The molecule has 0 unspecified atom stereocenters. The molecule has 9 nitrogen and oxygen atoms in total. The second kappa shape index (κ2) is 11.2. The Kier molecular flexibility index (Phi) is 8.42. The molecule has 0 saturated carbocycles. The normalized spacial score (nSPS) is 15.7. The zero-order chi connectivity index (χ0) is 22.1. The number of rotatable bonds is 9. The summed E-state index contributed by atoms with van der Waals surface area (Å²) in [7, 11) is -3.50. The molecule has 0 amide bonds. The van der Waals surface area contributed by atoms with Gasteiger partial charge in [-0.15, -0.1) is 10.2 Å². The average Bonchev–Trinajstić information content (AvgIpc) is 3.26. The molecule has 2 N–H and O–H groups in total. The van der Waals surface area contributed by atoms with Gasteiger partial charge in [-0.25, -0.2) is 13.4 Å². The topological polar surface area (TPSA) is 105 Å². The molecular weight excluding hydrogens is 414 g/mol. The molecule has 1 aromatic heterocycles. The molecule has 0 bridgehead atoms. The molecule has 0 atom stereocenters. The smallest absolute Gasteiger partial charge is 0.243 e. The van der Waals surface area contributed by atoms with Crippen molar-refractivity contribution in [2.75, 3.05) is 26.2 Å². The number of nitrogens with zero attached hydrogens (tertiary/aromatic N) is 5. The average molecular weight is 448 g/mol. The summed E-state index contributed by atoms with van der Waals surface area (Å²) >= 11 is 0. The van der Waals surface area contributed by atoms with Crippen molar-refractivity contribution in [3.05, 3.63) is 42.0 Å². The first kappa shape index (κ1) is 23.2. The summed E-state index contributed by atoms with van der Waals surface area (Å²) in [6.45, 7) is 7.61. The van der Waals surface area contributed by atoms with Crippen molar-refractivity contribution in [1.29, 1.82) is 0 Å². The number of hydrogen-bond donors (Lipinski definition) is 2. The van der Waals surface area contributed by atoms with Gasteiger partial charge < -0.3 is 15.2 Å². The highest BCUT2D eigenvalue weighted by Crippen LogP contribution is 2.24. The van der Waals surface area contributed by atoms with E-state index in [-0.39, 0.29) is 6.54 Å². The Hall–Kier alpha value is -2.46. The lowest BCUT2D eigenvalue weighted by Gasteiger charge is -2.26. The number of guanidine groups is 1. The minimum Gasteiger partial charge on any atom is -0.357 e. The number of aromatic nitrogens is 3.